The predicted octanol–water partition coefficient (Wildman–Crippen LogP) is 7.73. The van der Waals surface area contributed by atoms with E-state index >= 15 is 0 Å². The summed E-state index contributed by atoms with van der Waals surface area (Å²) in [6, 6.07) is 30.3. The molecule has 7 aromatic rings. The molecule has 0 bridgehead atoms. The number of phenolic OH excluding ortho intramolecular Hbond substituents is 2. The number of allylic oxidation sites excluding steroid dienone is 2. The maximum atomic E-state index is 11.3. The highest BCUT2D eigenvalue weighted by Crippen LogP contribution is 2.40. The molecule has 2 heterocycles. The first-order valence-corrected chi connectivity index (χ1v) is 14.9. The van der Waals surface area contributed by atoms with E-state index in [2.05, 4.69) is 13.2 Å². The highest BCUT2D eigenvalue weighted by molar-refractivity contribution is 5.97. The van der Waals surface area contributed by atoms with Crippen molar-refractivity contribution in [1.29, 1.82) is 0 Å². The van der Waals surface area contributed by atoms with Crippen molar-refractivity contribution >= 4 is 33.4 Å². The van der Waals surface area contributed by atoms with Crippen LogP contribution in [0.3, 0.4) is 0 Å². The standard InChI is InChI=1S/C38H32N6O2/c1-3-7-23-9-5-11-29(35(23)45)37-41-31-21-34-32(22-33(31)43(37)27-17-13-25(39)14-18-27)42-38(44(34)28-19-15-26(40)16-20-28)30-12-6-10-24(8-4-2)36(30)46/h3-6,9-22,45-46H,1-2,7-8,39-40H2. The molecule has 8 nitrogen and oxygen atoms in total. The second-order valence-corrected chi connectivity index (χ2v) is 11.2. The van der Waals surface area contributed by atoms with Crippen molar-refractivity contribution in [2.24, 2.45) is 0 Å². The molecule has 0 unspecified atom stereocenters. The zero-order valence-electron chi connectivity index (χ0n) is 25.1. The van der Waals surface area contributed by atoms with Crippen LogP contribution in [0.25, 0.3) is 56.2 Å². The number of imidazole rings is 2. The Bertz CT molecular complexity index is 2120. The number of rotatable bonds is 8. The lowest BCUT2D eigenvalue weighted by atomic mass is 10.1. The Hall–Kier alpha value is -6.28. The molecule has 2 aromatic heterocycles. The molecule has 5 aromatic carbocycles. The monoisotopic (exact) mass is 604 g/mol. The van der Waals surface area contributed by atoms with E-state index in [0.717, 1.165) is 33.5 Å². The molecule has 0 saturated heterocycles. The van der Waals surface area contributed by atoms with Gasteiger partial charge in [0.15, 0.2) is 0 Å². The quantitative estimate of drug-likeness (QED) is 0.104. The van der Waals surface area contributed by atoms with Gasteiger partial charge in [-0.3, -0.25) is 9.13 Å². The molecular weight excluding hydrogens is 572 g/mol. The van der Waals surface area contributed by atoms with Crippen molar-refractivity contribution < 1.29 is 10.2 Å². The zero-order valence-corrected chi connectivity index (χ0v) is 25.1. The summed E-state index contributed by atoms with van der Waals surface area (Å²) in [6.07, 6.45) is 4.56. The molecule has 0 spiro atoms. The smallest absolute Gasteiger partial charge is 0.149 e. The third kappa shape index (κ3) is 4.73. The van der Waals surface area contributed by atoms with Crippen LogP contribution in [0, 0.1) is 0 Å². The summed E-state index contributed by atoms with van der Waals surface area (Å²) in [7, 11) is 0. The first-order chi connectivity index (χ1) is 22.4. The minimum absolute atomic E-state index is 0.153. The first-order valence-electron chi connectivity index (χ1n) is 14.9. The van der Waals surface area contributed by atoms with Crippen molar-refractivity contribution in [3.05, 3.63) is 133 Å². The predicted molar refractivity (Wildman–Crippen MR) is 187 cm³/mol. The van der Waals surface area contributed by atoms with Crippen LogP contribution >= 0.6 is 0 Å². The maximum Gasteiger partial charge on any atom is 0.149 e. The highest BCUT2D eigenvalue weighted by atomic mass is 16.3. The Morgan fingerprint density at radius 3 is 1.35 bits per heavy atom. The van der Waals surface area contributed by atoms with E-state index in [-0.39, 0.29) is 11.5 Å². The fourth-order valence-corrected chi connectivity index (χ4v) is 5.96. The molecule has 0 aliphatic rings. The number of aromatic hydroxyl groups is 2. The third-order valence-corrected chi connectivity index (χ3v) is 8.18. The molecule has 0 amide bonds. The van der Waals surface area contributed by atoms with E-state index in [1.807, 2.05) is 106 Å². The molecule has 8 heteroatoms. The number of nitrogen functional groups attached to an aromatic ring is 2. The van der Waals surface area contributed by atoms with Gasteiger partial charge in [0.1, 0.15) is 23.1 Å². The van der Waals surface area contributed by atoms with E-state index in [9.17, 15) is 10.2 Å². The number of nitrogens with zero attached hydrogens (tertiary/aromatic N) is 4. The van der Waals surface area contributed by atoms with E-state index < -0.39 is 0 Å². The van der Waals surface area contributed by atoms with Gasteiger partial charge in [-0.05, 0) is 96.8 Å². The lowest BCUT2D eigenvalue weighted by Gasteiger charge is -2.13. The molecule has 0 fully saturated rings. The molecular formula is C38H32N6O2. The number of para-hydroxylation sites is 2. The van der Waals surface area contributed by atoms with Gasteiger partial charge in [0.2, 0.25) is 0 Å². The summed E-state index contributed by atoms with van der Waals surface area (Å²) in [5.74, 6) is 1.45. The molecule has 0 aliphatic carbocycles. The fraction of sp³-hybridized carbons (Fsp3) is 0.0526. The van der Waals surface area contributed by atoms with Gasteiger partial charge in [-0.25, -0.2) is 9.97 Å². The normalized spacial score (nSPS) is 11.3. The molecule has 0 aliphatic heterocycles. The minimum Gasteiger partial charge on any atom is -0.507 e. The Morgan fingerprint density at radius 2 is 0.978 bits per heavy atom. The molecule has 7 rings (SSSR count). The van der Waals surface area contributed by atoms with Crippen molar-refractivity contribution in [3.8, 4) is 45.6 Å². The summed E-state index contributed by atoms with van der Waals surface area (Å²) in [5, 5.41) is 22.7. The van der Waals surface area contributed by atoms with Crippen LogP contribution in [0.4, 0.5) is 11.4 Å². The Morgan fingerprint density at radius 1 is 0.587 bits per heavy atom. The van der Waals surface area contributed by atoms with Gasteiger partial charge in [-0.1, -0.05) is 36.4 Å². The second-order valence-electron chi connectivity index (χ2n) is 11.2. The number of hydrogen-bond acceptors (Lipinski definition) is 6. The van der Waals surface area contributed by atoms with Crippen molar-refractivity contribution in [3.63, 3.8) is 0 Å². The summed E-state index contributed by atoms with van der Waals surface area (Å²) >= 11 is 0. The minimum atomic E-state index is 0.153. The number of nitrogens with two attached hydrogens (primary N) is 2. The molecule has 46 heavy (non-hydrogen) atoms. The lowest BCUT2D eigenvalue weighted by Crippen LogP contribution is -1.99. The summed E-state index contributed by atoms with van der Waals surface area (Å²) in [4.78, 5) is 10.2. The summed E-state index contributed by atoms with van der Waals surface area (Å²) in [5.41, 5.74) is 20.7. The molecule has 0 atom stereocenters. The maximum absolute atomic E-state index is 11.3. The molecule has 226 valence electrons. The Kier molecular flexibility index (Phi) is 7.02. The largest absolute Gasteiger partial charge is 0.507 e. The van der Waals surface area contributed by atoms with Gasteiger partial charge in [0, 0.05) is 22.7 Å². The SMILES string of the molecule is C=CCc1cccc(-c2nc3cc4c(cc3n2-c2ccc(N)cc2)nc(-c2cccc(CC=C)c2O)n4-c2ccc(N)cc2)c1O. The molecule has 0 radical (unpaired) electrons. The van der Waals surface area contributed by atoms with E-state index in [4.69, 9.17) is 21.4 Å². The fourth-order valence-electron chi connectivity index (χ4n) is 5.96. The van der Waals surface area contributed by atoms with Crippen molar-refractivity contribution in [2.45, 2.75) is 12.8 Å². The van der Waals surface area contributed by atoms with Crippen LogP contribution in [0.1, 0.15) is 11.1 Å². The number of anilines is 2. The van der Waals surface area contributed by atoms with Gasteiger partial charge < -0.3 is 21.7 Å². The van der Waals surface area contributed by atoms with Crippen LogP contribution < -0.4 is 11.5 Å². The van der Waals surface area contributed by atoms with Crippen LogP contribution in [-0.2, 0) is 12.8 Å². The van der Waals surface area contributed by atoms with Gasteiger partial charge in [0.05, 0.1) is 33.2 Å². The Balaban J connectivity index is 1.55. The van der Waals surface area contributed by atoms with Gasteiger partial charge in [0.25, 0.3) is 0 Å². The number of phenols is 2. The Labute approximate surface area is 265 Å². The number of fused-ring (bicyclic) bond motifs is 2. The van der Waals surface area contributed by atoms with Crippen LogP contribution in [-0.4, -0.2) is 29.3 Å². The second kappa shape index (κ2) is 11.3. The number of aromatic nitrogens is 4. The van der Waals surface area contributed by atoms with E-state index in [1.165, 1.54) is 0 Å². The zero-order chi connectivity index (χ0) is 31.9. The van der Waals surface area contributed by atoms with Gasteiger partial charge >= 0.3 is 0 Å². The third-order valence-electron chi connectivity index (χ3n) is 8.18. The first kappa shape index (κ1) is 28.5. The van der Waals surface area contributed by atoms with Crippen molar-refractivity contribution in [1.82, 2.24) is 19.1 Å². The highest BCUT2D eigenvalue weighted by Gasteiger charge is 2.23. The molecule has 0 saturated carbocycles. The molecule has 6 N–H and O–H groups in total. The van der Waals surface area contributed by atoms with Crippen molar-refractivity contribution in [2.75, 3.05) is 11.5 Å². The van der Waals surface area contributed by atoms with Crippen LogP contribution in [0.2, 0.25) is 0 Å². The number of hydrogen-bond donors (Lipinski definition) is 4. The average molecular weight is 605 g/mol. The van der Waals surface area contributed by atoms with Gasteiger partial charge in [-0.15, -0.1) is 13.2 Å². The van der Waals surface area contributed by atoms with Crippen LogP contribution in [0.15, 0.2) is 122 Å². The van der Waals surface area contributed by atoms with E-state index in [0.29, 0.717) is 58.0 Å². The van der Waals surface area contributed by atoms with Gasteiger partial charge in [-0.2, -0.15) is 0 Å². The lowest BCUT2D eigenvalue weighted by molar-refractivity contribution is 0.471. The summed E-state index contributed by atoms with van der Waals surface area (Å²) < 4.78 is 4.01. The summed E-state index contributed by atoms with van der Waals surface area (Å²) in [6.45, 7) is 7.68. The number of benzene rings is 5. The van der Waals surface area contributed by atoms with Crippen LogP contribution in [0.5, 0.6) is 11.5 Å². The average Bonchev–Trinajstić information content (AvgIpc) is 3.61. The van der Waals surface area contributed by atoms with E-state index in [1.54, 1.807) is 12.2 Å². The topological polar surface area (TPSA) is 128 Å².